The van der Waals surface area contributed by atoms with Crippen LogP contribution in [0.3, 0.4) is 0 Å². The molecule has 110 valence electrons. The van der Waals surface area contributed by atoms with Gasteiger partial charge in [0.2, 0.25) is 5.91 Å². The first-order chi connectivity index (χ1) is 9.60. The van der Waals surface area contributed by atoms with Crippen LogP contribution in [0.2, 0.25) is 0 Å². The third-order valence-electron chi connectivity index (χ3n) is 3.88. The maximum absolute atomic E-state index is 13.1. The lowest BCUT2D eigenvalue weighted by molar-refractivity contribution is -0.131. The molecule has 1 fully saturated rings. The molecule has 0 radical (unpaired) electrons. The van der Waals surface area contributed by atoms with E-state index in [2.05, 4.69) is 0 Å². The highest BCUT2D eigenvalue weighted by Gasteiger charge is 2.22. The second-order valence-corrected chi connectivity index (χ2v) is 5.33. The third kappa shape index (κ3) is 3.76. The summed E-state index contributed by atoms with van der Waals surface area (Å²) in [7, 11) is 0. The normalized spacial score (nSPS) is 16.4. The average Bonchev–Trinajstić information content (AvgIpc) is 2.44. The molecule has 0 saturated carbocycles. The lowest BCUT2D eigenvalue weighted by atomic mass is 9.93. The largest absolute Gasteiger partial charge is 0.342 e. The van der Waals surface area contributed by atoms with Crippen LogP contribution in [-0.4, -0.2) is 30.4 Å². The Labute approximate surface area is 117 Å². The summed E-state index contributed by atoms with van der Waals surface area (Å²) >= 11 is 0. The first-order valence-electron chi connectivity index (χ1n) is 7.02. The van der Waals surface area contributed by atoms with Crippen molar-refractivity contribution in [3.8, 4) is 0 Å². The molecule has 20 heavy (non-hydrogen) atoms. The summed E-state index contributed by atoms with van der Waals surface area (Å²) in [6.07, 6.45) is 3.07. The fourth-order valence-corrected chi connectivity index (χ4v) is 2.64. The molecule has 0 unspecified atom stereocenters. The van der Waals surface area contributed by atoms with E-state index in [1.807, 2.05) is 0 Å². The van der Waals surface area contributed by atoms with Gasteiger partial charge in [0.1, 0.15) is 0 Å². The molecule has 5 heteroatoms. The molecule has 1 aliphatic heterocycles. The Bertz CT molecular complexity index is 471. The summed E-state index contributed by atoms with van der Waals surface area (Å²) in [6, 6.07) is 3.61. The van der Waals surface area contributed by atoms with Gasteiger partial charge >= 0.3 is 0 Å². The molecule has 0 atom stereocenters. The van der Waals surface area contributed by atoms with E-state index >= 15 is 0 Å². The molecule has 1 heterocycles. The van der Waals surface area contributed by atoms with E-state index in [0.29, 0.717) is 18.0 Å². The predicted molar refractivity (Wildman–Crippen MR) is 73.0 cm³/mol. The van der Waals surface area contributed by atoms with Crippen LogP contribution < -0.4 is 5.73 Å². The van der Waals surface area contributed by atoms with Crippen molar-refractivity contribution in [3.63, 3.8) is 0 Å². The summed E-state index contributed by atoms with van der Waals surface area (Å²) in [5.41, 5.74) is 6.05. The van der Waals surface area contributed by atoms with Crippen LogP contribution in [-0.2, 0) is 11.2 Å². The van der Waals surface area contributed by atoms with Crippen LogP contribution in [0.5, 0.6) is 0 Å². The molecule has 0 spiro atoms. The van der Waals surface area contributed by atoms with Crippen LogP contribution in [0.1, 0.15) is 24.8 Å². The van der Waals surface area contributed by atoms with Gasteiger partial charge in [0.15, 0.2) is 11.6 Å². The summed E-state index contributed by atoms with van der Waals surface area (Å²) in [5.74, 6) is -1.21. The molecule has 0 aliphatic carbocycles. The highest BCUT2D eigenvalue weighted by Crippen LogP contribution is 2.20. The zero-order valence-corrected chi connectivity index (χ0v) is 11.4. The van der Waals surface area contributed by atoms with E-state index in [9.17, 15) is 13.6 Å². The van der Waals surface area contributed by atoms with Gasteiger partial charge in [-0.05, 0) is 49.4 Å². The van der Waals surface area contributed by atoms with Crippen LogP contribution in [0.15, 0.2) is 18.2 Å². The van der Waals surface area contributed by atoms with Gasteiger partial charge in [-0.15, -0.1) is 0 Å². The number of carbonyl (C=O) groups is 1. The fourth-order valence-electron chi connectivity index (χ4n) is 2.64. The standard InChI is InChI=1S/C15H20F2N2O/c16-13-2-1-12(9-14(13)17)10-15(20)19-7-4-11(3-6-18)5-8-19/h1-2,9,11H,3-8,10,18H2. The maximum Gasteiger partial charge on any atom is 0.226 e. The van der Waals surface area contributed by atoms with Crippen molar-refractivity contribution in [2.75, 3.05) is 19.6 Å². The zero-order valence-electron chi connectivity index (χ0n) is 11.4. The van der Waals surface area contributed by atoms with E-state index in [0.717, 1.165) is 44.5 Å². The lowest BCUT2D eigenvalue weighted by Gasteiger charge is -2.32. The fraction of sp³-hybridized carbons (Fsp3) is 0.533. The van der Waals surface area contributed by atoms with Crippen molar-refractivity contribution in [1.82, 2.24) is 4.90 Å². The number of nitrogens with zero attached hydrogens (tertiary/aromatic N) is 1. The van der Waals surface area contributed by atoms with Gasteiger partial charge in [0, 0.05) is 13.1 Å². The number of likely N-dealkylation sites (tertiary alicyclic amines) is 1. The molecule has 0 bridgehead atoms. The topological polar surface area (TPSA) is 46.3 Å². The number of halogens is 2. The minimum Gasteiger partial charge on any atom is -0.342 e. The zero-order chi connectivity index (χ0) is 14.5. The van der Waals surface area contributed by atoms with Gasteiger partial charge in [0.25, 0.3) is 0 Å². The van der Waals surface area contributed by atoms with E-state index in [1.165, 1.54) is 6.07 Å². The van der Waals surface area contributed by atoms with Gasteiger partial charge in [0.05, 0.1) is 6.42 Å². The second kappa shape index (κ2) is 6.79. The molecule has 1 saturated heterocycles. The van der Waals surface area contributed by atoms with E-state index in [-0.39, 0.29) is 12.3 Å². The summed E-state index contributed by atoms with van der Waals surface area (Å²) in [5, 5.41) is 0. The number of benzene rings is 1. The van der Waals surface area contributed by atoms with Crippen molar-refractivity contribution in [3.05, 3.63) is 35.4 Å². The first-order valence-corrected chi connectivity index (χ1v) is 7.02. The molecule has 1 aromatic rings. The van der Waals surface area contributed by atoms with Gasteiger partial charge in [-0.3, -0.25) is 4.79 Å². The van der Waals surface area contributed by atoms with Gasteiger partial charge < -0.3 is 10.6 Å². The van der Waals surface area contributed by atoms with Crippen molar-refractivity contribution < 1.29 is 13.6 Å². The first kappa shape index (κ1) is 14.9. The lowest BCUT2D eigenvalue weighted by Crippen LogP contribution is -2.39. The number of rotatable bonds is 4. The molecule has 2 rings (SSSR count). The molecule has 1 aliphatic rings. The minimum absolute atomic E-state index is 0.0257. The van der Waals surface area contributed by atoms with Crippen molar-refractivity contribution >= 4 is 5.91 Å². The van der Waals surface area contributed by atoms with Crippen LogP contribution in [0, 0.1) is 17.6 Å². The molecule has 2 N–H and O–H groups in total. The van der Waals surface area contributed by atoms with Gasteiger partial charge in [-0.1, -0.05) is 6.07 Å². The Kier molecular flexibility index (Phi) is 5.06. The predicted octanol–water partition coefficient (Wildman–Crippen LogP) is 2.09. The van der Waals surface area contributed by atoms with E-state index in [1.54, 1.807) is 4.90 Å². The highest BCUT2D eigenvalue weighted by atomic mass is 19.2. The van der Waals surface area contributed by atoms with Crippen molar-refractivity contribution in [2.45, 2.75) is 25.7 Å². The van der Waals surface area contributed by atoms with Crippen LogP contribution in [0.25, 0.3) is 0 Å². The Balaban J connectivity index is 1.88. The Morgan fingerprint density at radius 3 is 2.55 bits per heavy atom. The number of piperidine rings is 1. The molecular weight excluding hydrogens is 262 g/mol. The Morgan fingerprint density at radius 1 is 1.25 bits per heavy atom. The number of hydrogen-bond donors (Lipinski definition) is 1. The molecule has 1 amide bonds. The van der Waals surface area contributed by atoms with Crippen molar-refractivity contribution in [2.24, 2.45) is 11.7 Å². The van der Waals surface area contributed by atoms with E-state index in [4.69, 9.17) is 5.73 Å². The number of carbonyl (C=O) groups excluding carboxylic acids is 1. The minimum atomic E-state index is -0.906. The maximum atomic E-state index is 13.1. The van der Waals surface area contributed by atoms with Crippen LogP contribution in [0.4, 0.5) is 8.78 Å². The molecule has 1 aromatic carbocycles. The summed E-state index contributed by atoms with van der Waals surface area (Å²) in [6.45, 7) is 2.15. The number of hydrogen-bond acceptors (Lipinski definition) is 2. The quantitative estimate of drug-likeness (QED) is 0.919. The Morgan fingerprint density at radius 2 is 1.95 bits per heavy atom. The molecule has 3 nitrogen and oxygen atoms in total. The monoisotopic (exact) mass is 282 g/mol. The van der Waals surface area contributed by atoms with Gasteiger partial charge in [-0.25, -0.2) is 8.78 Å². The van der Waals surface area contributed by atoms with Crippen LogP contribution >= 0.6 is 0 Å². The average molecular weight is 282 g/mol. The third-order valence-corrected chi connectivity index (χ3v) is 3.88. The smallest absolute Gasteiger partial charge is 0.226 e. The highest BCUT2D eigenvalue weighted by molar-refractivity contribution is 5.78. The SMILES string of the molecule is NCCC1CCN(C(=O)Cc2ccc(F)c(F)c2)CC1. The number of nitrogens with two attached hydrogens (primary N) is 1. The van der Waals surface area contributed by atoms with Gasteiger partial charge in [-0.2, -0.15) is 0 Å². The van der Waals surface area contributed by atoms with Crippen molar-refractivity contribution in [1.29, 1.82) is 0 Å². The molecule has 0 aromatic heterocycles. The summed E-state index contributed by atoms with van der Waals surface area (Å²) in [4.78, 5) is 13.9. The molecular formula is C15H20F2N2O. The Hall–Kier alpha value is -1.49. The van der Waals surface area contributed by atoms with E-state index < -0.39 is 11.6 Å². The second-order valence-electron chi connectivity index (χ2n) is 5.33. The number of amides is 1. The summed E-state index contributed by atoms with van der Waals surface area (Å²) < 4.78 is 25.9.